The minimum absolute atomic E-state index is 0.222. The highest BCUT2D eigenvalue weighted by molar-refractivity contribution is 6.01. The zero-order valence-corrected chi connectivity index (χ0v) is 12.3. The maximum absolute atomic E-state index is 12.0. The predicted molar refractivity (Wildman–Crippen MR) is 79.3 cm³/mol. The van der Waals surface area contributed by atoms with Gasteiger partial charge in [0.05, 0.1) is 14.2 Å². The summed E-state index contributed by atoms with van der Waals surface area (Å²) in [6.45, 7) is 4.62. The number of hydrogen-bond donors (Lipinski definition) is 0. The standard InChI is InChI=1S/C16H21NO3/c1-4-17-9-8-14(18)13(11-17)10-12-6-5-7-15(19-2)16(12)20-3/h5-7,10H,4,8-9,11H2,1-3H3/b13-10+. The third-order valence-corrected chi connectivity index (χ3v) is 3.62. The van der Waals surface area contributed by atoms with Crippen LogP contribution >= 0.6 is 0 Å². The number of carbonyl (C=O) groups is 1. The average molecular weight is 275 g/mol. The molecule has 0 saturated carbocycles. The third-order valence-electron chi connectivity index (χ3n) is 3.62. The molecule has 0 N–H and O–H groups in total. The molecule has 4 nitrogen and oxygen atoms in total. The van der Waals surface area contributed by atoms with E-state index in [-0.39, 0.29) is 5.78 Å². The minimum atomic E-state index is 0.222. The Labute approximate surface area is 120 Å². The van der Waals surface area contributed by atoms with E-state index in [0.717, 1.165) is 24.2 Å². The summed E-state index contributed by atoms with van der Waals surface area (Å²) in [5.74, 6) is 1.57. The molecule has 0 aromatic heterocycles. The van der Waals surface area contributed by atoms with Crippen molar-refractivity contribution < 1.29 is 14.3 Å². The molecule has 0 amide bonds. The molecule has 2 rings (SSSR count). The van der Waals surface area contributed by atoms with Gasteiger partial charge in [-0.3, -0.25) is 9.69 Å². The Morgan fingerprint density at radius 3 is 2.75 bits per heavy atom. The van der Waals surface area contributed by atoms with Crippen molar-refractivity contribution in [2.75, 3.05) is 33.9 Å². The van der Waals surface area contributed by atoms with E-state index in [0.29, 0.717) is 24.5 Å². The number of methoxy groups -OCH3 is 2. The highest BCUT2D eigenvalue weighted by atomic mass is 16.5. The Morgan fingerprint density at radius 1 is 1.30 bits per heavy atom. The van der Waals surface area contributed by atoms with Gasteiger partial charge in [0.25, 0.3) is 0 Å². The Kier molecular flexibility index (Phi) is 4.79. The molecule has 0 atom stereocenters. The van der Waals surface area contributed by atoms with Gasteiger partial charge in [0.15, 0.2) is 17.3 Å². The second-order valence-corrected chi connectivity index (χ2v) is 4.79. The maximum atomic E-state index is 12.0. The molecule has 1 aliphatic heterocycles. The van der Waals surface area contributed by atoms with Crippen molar-refractivity contribution in [3.05, 3.63) is 29.3 Å². The highest BCUT2D eigenvalue weighted by Gasteiger charge is 2.20. The lowest BCUT2D eigenvalue weighted by Crippen LogP contribution is -2.35. The molecule has 1 fully saturated rings. The van der Waals surface area contributed by atoms with Crippen LogP contribution in [0.5, 0.6) is 11.5 Å². The summed E-state index contributed by atoms with van der Waals surface area (Å²) < 4.78 is 10.7. The largest absolute Gasteiger partial charge is 0.493 e. The van der Waals surface area contributed by atoms with Gasteiger partial charge in [0.2, 0.25) is 0 Å². The first kappa shape index (κ1) is 14.6. The second-order valence-electron chi connectivity index (χ2n) is 4.79. The summed E-state index contributed by atoms with van der Waals surface area (Å²) in [6.07, 6.45) is 2.51. The Hall–Kier alpha value is -1.81. The lowest BCUT2D eigenvalue weighted by atomic mass is 10.00. The second kappa shape index (κ2) is 6.57. The van der Waals surface area contributed by atoms with Crippen molar-refractivity contribution in [3.63, 3.8) is 0 Å². The van der Waals surface area contributed by atoms with Gasteiger partial charge >= 0.3 is 0 Å². The van der Waals surface area contributed by atoms with Gasteiger partial charge in [0.1, 0.15) is 0 Å². The summed E-state index contributed by atoms with van der Waals surface area (Å²) in [4.78, 5) is 14.3. The zero-order chi connectivity index (χ0) is 14.5. The number of carbonyl (C=O) groups excluding carboxylic acids is 1. The molecule has 0 radical (unpaired) electrons. The van der Waals surface area contributed by atoms with Crippen LogP contribution in [0.2, 0.25) is 0 Å². The Morgan fingerprint density at radius 2 is 2.10 bits per heavy atom. The van der Waals surface area contributed by atoms with Crippen molar-refractivity contribution in [1.29, 1.82) is 0 Å². The van der Waals surface area contributed by atoms with Crippen LogP contribution < -0.4 is 9.47 Å². The molecular weight excluding hydrogens is 254 g/mol. The molecule has 1 aromatic rings. The lowest BCUT2D eigenvalue weighted by molar-refractivity contribution is -0.117. The lowest BCUT2D eigenvalue weighted by Gasteiger charge is -2.26. The Balaban J connectivity index is 2.36. The van der Waals surface area contributed by atoms with Crippen LogP contribution in [0.25, 0.3) is 6.08 Å². The van der Waals surface area contributed by atoms with Crippen molar-refractivity contribution in [3.8, 4) is 11.5 Å². The average Bonchev–Trinajstić information content (AvgIpc) is 2.49. The van der Waals surface area contributed by atoms with Crippen molar-refractivity contribution >= 4 is 11.9 Å². The van der Waals surface area contributed by atoms with Gasteiger partial charge in [-0.2, -0.15) is 0 Å². The highest BCUT2D eigenvalue weighted by Crippen LogP contribution is 2.32. The summed E-state index contributed by atoms with van der Waals surface area (Å²) in [7, 11) is 3.22. The monoisotopic (exact) mass is 275 g/mol. The minimum Gasteiger partial charge on any atom is -0.493 e. The van der Waals surface area contributed by atoms with Crippen LogP contribution in [0.15, 0.2) is 23.8 Å². The van der Waals surface area contributed by atoms with Crippen molar-refractivity contribution in [1.82, 2.24) is 4.90 Å². The number of likely N-dealkylation sites (tertiary alicyclic amines) is 1. The van der Waals surface area contributed by atoms with E-state index in [9.17, 15) is 4.79 Å². The first-order valence-electron chi connectivity index (χ1n) is 6.86. The Bertz CT molecular complexity index is 522. The number of benzene rings is 1. The molecule has 1 saturated heterocycles. The van der Waals surface area contributed by atoms with E-state index in [1.807, 2.05) is 24.3 Å². The van der Waals surface area contributed by atoms with Gasteiger partial charge in [-0.05, 0) is 18.7 Å². The predicted octanol–water partition coefficient (Wildman–Crippen LogP) is 2.38. The van der Waals surface area contributed by atoms with E-state index in [1.54, 1.807) is 14.2 Å². The number of para-hydroxylation sites is 1. The maximum Gasteiger partial charge on any atom is 0.167 e. The molecule has 20 heavy (non-hydrogen) atoms. The third kappa shape index (κ3) is 3.02. The molecule has 1 aromatic carbocycles. The van der Waals surface area contributed by atoms with E-state index in [4.69, 9.17) is 9.47 Å². The summed E-state index contributed by atoms with van der Waals surface area (Å²) in [5.41, 5.74) is 1.72. The fraction of sp³-hybridized carbons (Fsp3) is 0.438. The van der Waals surface area contributed by atoms with E-state index < -0.39 is 0 Å². The smallest absolute Gasteiger partial charge is 0.167 e. The zero-order valence-electron chi connectivity index (χ0n) is 12.3. The first-order valence-corrected chi connectivity index (χ1v) is 6.86. The van der Waals surface area contributed by atoms with Crippen LogP contribution in [0.1, 0.15) is 18.9 Å². The fourth-order valence-electron chi connectivity index (χ4n) is 2.44. The number of ether oxygens (including phenoxy) is 2. The summed E-state index contributed by atoms with van der Waals surface area (Å²) >= 11 is 0. The molecule has 1 aliphatic rings. The molecule has 0 aliphatic carbocycles. The van der Waals surface area contributed by atoms with Crippen LogP contribution in [-0.4, -0.2) is 44.5 Å². The van der Waals surface area contributed by atoms with Crippen LogP contribution in [0.4, 0.5) is 0 Å². The van der Waals surface area contributed by atoms with Gasteiger partial charge in [-0.15, -0.1) is 0 Å². The number of ketones is 1. The number of hydrogen-bond acceptors (Lipinski definition) is 4. The SMILES string of the molecule is CCN1CCC(=O)/C(=C/c2cccc(OC)c2OC)C1. The normalized spacial score (nSPS) is 18.4. The molecule has 4 heteroatoms. The van der Waals surface area contributed by atoms with E-state index in [1.165, 1.54) is 0 Å². The molecule has 0 bridgehead atoms. The number of nitrogens with zero attached hydrogens (tertiary/aromatic N) is 1. The van der Waals surface area contributed by atoms with E-state index in [2.05, 4.69) is 11.8 Å². The number of piperidine rings is 1. The van der Waals surface area contributed by atoms with E-state index >= 15 is 0 Å². The van der Waals surface area contributed by atoms with Crippen molar-refractivity contribution in [2.45, 2.75) is 13.3 Å². The first-order chi connectivity index (χ1) is 9.69. The number of Topliss-reactive ketones (excluding diaryl/α,β-unsaturated/α-hetero) is 1. The van der Waals surface area contributed by atoms with Crippen LogP contribution in [-0.2, 0) is 4.79 Å². The van der Waals surface area contributed by atoms with Crippen LogP contribution in [0, 0.1) is 0 Å². The summed E-state index contributed by atoms with van der Waals surface area (Å²) in [6, 6.07) is 5.69. The fourth-order valence-corrected chi connectivity index (χ4v) is 2.44. The van der Waals surface area contributed by atoms with Gasteiger partial charge in [-0.25, -0.2) is 0 Å². The molecular formula is C16H21NO3. The molecule has 108 valence electrons. The molecule has 0 unspecified atom stereocenters. The quantitative estimate of drug-likeness (QED) is 0.791. The van der Waals surface area contributed by atoms with Crippen LogP contribution in [0.3, 0.4) is 0 Å². The molecule has 1 heterocycles. The van der Waals surface area contributed by atoms with Gasteiger partial charge in [-0.1, -0.05) is 19.1 Å². The number of rotatable bonds is 4. The topological polar surface area (TPSA) is 38.8 Å². The summed E-state index contributed by atoms with van der Waals surface area (Å²) in [5, 5.41) is 0. The van der Waals surface area contributed by atoms with Gasteiger partial charge < -0.3 is 9.47 Å². The number of likely N-dealkylation sites (N-methyl/N-ethyl adjacent to an activating group) is 1. The molecule has 0 spiro atoms. The van der Waals surface area contributed by atoms with Crippen molar-refractivity contribution in [2.24, 2.45) is 0 Å². The van der Waals surface area contributed by atoms with Gasteiger partial charge in [0, 0.05) is 30.6 Å².